The smallest absolute Gasteiger partial charge is 0.149 e. The summed E-state index contributed by atoms with van der Waals surface area (Å²) in [4.78, 5) is 3.74. The van der Waals surface area contributed by atoms with E-state index < -0.39 is 0 Å². The summed E-state index contributed by atoms with van der Waals surface area (Å²) in [6.07, 6.45) is 2.80. The van der Waals surface area contributed by atoms with Crippen molar-refractivity contribution in [1.29, 1.82) is 0 Å². The molecule has 0 aliphatic carbocycles. The number of hydrogen-bond donors (Lipinski definition) is 1. The van der Waals surface area contributed by atoms with Crippen LogP contribution in [0.3, 0.4) is 0 Å². The van der Waals surface area contributed by atoms with Crippen LogP contribution in [0.1, 0.15) is 18.5 Å². The van der Waals surface area contributed by atoms with Crippen LogP contribution in [0, 0.1) is 5.82 Å². The van der Waals surface area contributed by atoms with E-state index in [9.17, 15) is 4.39 Å². The van der Waals surface area contributed by atoms with Crippen molar-refractivity contribution < 1.29 is 4.39 Å². The second kappa shape index (κ2) is 4.41. The first-order valence-corrected chi connectivity index (χ1v) is 5.14. The molecule has 2 aromatic rings. The van der Waals surface area contributed by atoms with E-state index in [0.717, 1.165) is 11.1 Å². The van der Waals surface area contributed by atoms with Crippen LogP contribution < -0.4 is 5.73 Å². The molecule has 0 aliphatic rings. The van der Waals surface area contributed by atoms with E-state index in [4.69, 9.17) is 5.73 Å². The molecule has 0 fully saturated rings. The van der Waals surface area contributed by atoms with Gasteiger partial charge in [0.25, 0.3) is 0 Å². The van der Waals surface area contributed by atoms with E-state index in [2.05, 4.69) is 4.98 Å². The summed E-state index contributed by atoms with van der Waals surface area (Å²) in [5.74, 6) is -0.324. The maximum Gasteiger partial charge on any atom is 0.149 e. The molecule has 0 saturated carbocycles. The molecule has 3 heteroatoms. The summed E-state index contributed by atoms with van der Waals surface area (Å²) in [7, 11) is 0. The predicted molar refractivity (Wildman–Crippen MR) is 62.2 cm³/mol. The van der Waals surface area contributed by atoms with E-state index in [0.29, 0.717) is 5.56 Å². The average Bonchev–Trinajstić information content (AvgIpc) is 2.29. The Balaban J connectivity index is 2.60. The van der Waals surface area contributed by atoms with Crippen LogP contribution in [0.2, 0.25) is 0 Å². The maximum absolute atomic E-state index is 13.6. The van der Waals surface area contributed by atoms with E-state index in [-0.39, 0.29) is 11.9 Å². The minimum absolute atomic E-state index is 0.122. The van der Waals surface area contributed by atoms with Crippen LogP contribution in [-0.2, 0) is 0 Å². The Hall–Kier alpha value is -1.74. The molecule has 2 N–H and O–H groups in total. The molecule has 0 amide bonds. The van der Waals surface area contributed by atoms with Gasteiger partial charge in [-0.1, -0.05) is 24.3 Å². The first-order chi connectivity index (χ1) is 7.70. The van der Waals surface area contributed by atoms with Gasteiger partial charge < -0.3 is 5.73 Å². The number of benzene rings is 1. The third kappa shape index (κ3) is 1.95. The highest BCUT2D eigenvalue weighted by Gasteiger charge is 2.11. The highest BCUT2D eigenvalue weighted by molar-refractivity contribution is 5.68. The molecule has 0 saturated heterocycles. The molecule has 1 unspecified atom stereocenters. The standard InChI is InChI=1S/C13H13FN2/c1-9(15)10-4-2-3-5-11(10)12-6-7-16-8-13(12)14/h2-9H,15H2,1H3. The molecular formula is C13H13FN2. The summed E-state index contributed by atoms with van der Waals surface area (Å²) in [6.45, 7) is 1.89. The zero-order valence-electron chi connectivity index (χ0n) is 9.02. The van der Waals surface area contributed by atoms with Crippen molar-refractivity contribution in [1.82, 2.24) is 4.98 Å². The van der Waals surface area contributed by atoms with Crippen LogP contribution in [0.15, 0.2) is 42.7 Å². The quantitative estimate of drug-likeness (QED) is 0.838. The van der Waals surface area contributed by atoms with Crippen molar-refractivity contribution in [2.75, 3.05) is 0 Å². The van der Waals surface area contributed by atoms with Gasteiger partial charge in [-0.15, -0.1) is 0 Å². The van der Waals surface area contributed by atoms with Gasteiger partial charge in [-0.3, -0.25) is 4.98 Å². The van der Waals surface area contributed by atoms with E-state index in [1.807, 2.05) is 31.2 Å². The molecule has 0 radical (unpaired) electrons. The number of halogens is 1. The first kappa shape index (κ1) is 10.8. The van der Waals surface area contributed by atoms with Crippen molar-refractivity contribution in [2.24, 2.45) is 5.73 Å². The molecule has 2 rings (SSSR count). The summed E-state index contributed by atoms with van der Waals surface area (Å²) < 4.78 is 13.6. The largest absolute Gasteiger partial charge is 0.324 e. The summed E-state index contributed by atoms with van der Waals surface area (Å²) in [5, 5.41) is 0. The van der Waals surface area contributed by atoms with Crippen molar-refractivity contribution >= 4 is 0 Å². The number of nitrogens with two attached hydrogens (primary N) is 1. The fourth-order valence-corrected chi connectivity index (χ4v) is 1.73. The Morgan fingerprint density at radius 2 is 1.94 bits per heavy atom. The van der Waals surface area contributed by atoms with Gasteiger partial charge in [-0.25, -0.2) is 4.39 Å². The van der Waals surface area contributed by atoms with Crippen molar-refractivity contribution in [3.63, 3.8) is 0 Å². The number of aromatic nitrogens is 1. The van der Waals surface area contributed by atoms with E-state index in [1.54, 1.807) is 12.3 Å². The normalized spacial score (nSPS) is 12.4. The third-order valence-corrected chi connectivity index (χ3v) is 2.51. The Labute approximate surface area is 93.9 Å². The van der Waals surface area contributed by atoms with Crippen molar-refractivity contribution in [3.8, 4) is 11.1 Å². The van der Waals surface area contributed by atoms with Gasteiger partial charge in [-0.2, -0.15) is 0 Å². The Morgan fingerprint density at radius 1 is 1.19 bits per heavy atom. The van der Waals surface area contributed by atoms with Gasteiger partial charge in [0, 0.05) is 17.8 Å². The third-order valence-electron chi connectivity index (χ3n) is 2.51. The minimum Gasteiger partial charge on any atom is -0.324 e. The molecule has 2 nitrogen and oxygen atoms in total. The van der Waals surface area contributed by atoms with Crippen LogP contribution in [-0.4, -0.2) is 4.98 Å². The second-order valence-corrected chi connectivity index (χ2v) is 3.73. The topological polar surface area (TPSA) is 38.9 Å². The lowest BCUT2D eigenvalue weighted by Gasteiger charge is -2.12. The lowest BCUT2D eigenvalue weighted by Crippen LogP contribution is -2.06. The van der Waals surface area contributed by atoms with Gasteiger partial charge in [0.1, 0.15) is 5.82 Å². The molecule has 0 aliphatic heterocycles. The fraction of sp³-hybridized carbons (Fsp3) is 0.154. The predicted octanol–water partition coefficient (Wildman–Crippen LogP) is 2.91. The van der Waals surface area contributed by atoms with Gasteiger partial charge in [0.05, 0.1) is 6.20 Å². The molecule has 1 atom stereocenters. The lowest BCUT2D eigenvalue weighted by atomic mass is 9.96. The number of hydrogen-bond acceptors (Lipinski definition) is 2. The van der Waals surface area contributed by atoms with E-state index >= 15 is 0 Å². The van der Waals surface area contributed by atoms with Crippen LogP contribution in [0.5, 0.6) is 0 Å². The lowest BCUT2D eigenvalue weighted by molar-refractivity contribution is 0.624. The fourth-order valence-electron chi connectivity index (χ4n) is 1.73. The molecule has 1 aromatic carbocycles. The van der Waals surface area contributed by atoms with Gasteiger partial charge in [0.2, 0.25) is 0 Å². The monoisotopic (exact) mass is 216 g/mol. The second-order valence-electron chi connectivity index (χ2n) is 3.73. The maximum atomic E-state index is 13.6. The number of nitrogens with zero attached hydrogens (tertiary/aromatic N) is 1. The molecule has 1 heterocycles. The SMILES string of the molecule is CC(N)c1ccccc1-c1ccncc1F. The summed E-state index contributed by atoms with van der Waals surface area (Å²) in [6, 6.07) is 9.11. The van der Waals surface area contributed by atoms with Gasteiger partial charge >= 0.3 is 0 Å². The summed E-state index contributed by atoms with van der Waals surface area (Å²) in [5.41, 5.74) is 8.18. The number of rotatable bonds is 2. The molecule has 0 bridgehead atoms. The Kier molecular flexibility index (Phi) is 2.97. The molecule has 0 spiro atoms. The van der Waals surface area contributed by atoms with Gasteiger partial charge in [0.15, 0.2) is 0 Å². The van der Waals surface area contributed by atoms with Crippen LogP contribution >= 0.6 is 0 Å². The molecular weight excluding hydrogens is 203 g/mol. The molecule has 16 heavy (non-hydrogen) atoms. The first-order valence-electron chi connectivity index (χ1n) is 5.14. The van der Waals surface area contributed by atoms with Crippen molar-refractivity contribution in [3.05, 3.63) is 54.1 Å². The van der Waals surface area contributed by atoms with Crippen molar-refractivity contribution in [2.45, 2.75) is 13.0 Å². The molecule has 82 valence electrons. The number of pyridine rings is 1. The minimum atomic E-state index is -0.324. The highest BCUT2D eigenvalue weighted by atomic mass is 19.1. The highest BCUT2D eigenvalue weighted by Crippen LogP contribution is 2.28. The van der Waals surface area contributed by atoms with Crippen LogP contribution in [0.25, 0.3) is 11.1 Å². The Morgan fingerprint density at radius 3 is 2.62 bits per heavy atom. The average molecular weight is 216 g/mol. The summed E-state index contributed by atoms with van der Waals surface area (Å²) >= 11 is 0. The Bertz CT molecular complexity index is 495. The molecule has 1 aromatic heterocycles. The van der Waals surface area contributed by atoms with E-state index in [1.165, 1.54) is 6.20 Å². The zero-order chi connectivity index (χ0) is 11.5. The van der Waals surface area contributed by atoms with Crippen LogP contribution in [0.4, 0.5) is 4.39 Å². The van der Waals surface area contributed by atoms with Gasteiger partial charge in [-0.05, 0) is 24.1 Å². The zero-order valence-corrected chi connectivity index (χ0v) is 9.02.